The van der Waals surface area contributed by atoms with Gasteiger partial charge in [0.1, 0.15) is 5.75 Å². The standard InChI is InChI=1S/C21H23BrN4O5S/c1-14(30-18-10-8-17(9-11-18)26(3)32(4,28)29)21(27)25(2)13-19-23-20(24-31-19)15-6-5-7-16(22)12-15/h5-12,14H,13H2,1-4H3/t14-/m1/s1. The number of benzene rings is 2. The maximum atomic E-state index is 12.7. The van der Waals surface area contributed by atoms with E-state index in [0.717, 1.165) is 20.6 Å². The summed E-state index contributed by atoms with van der Waals surface area (Å²) in [7, 11) is -0.270. The van der Waals surface area contributed by atoms with Crippen molar-refractivity contribution in [2.45, 2.75) is 19.6 Å². The Kier molecular flexibility index (Phi) is 7.19. The van der Waals surface area contributed by atoms with Crippen molar-refractivity contribution in [1.82, 2.24) is 15.0 Å². The minimum atomic E-state index is -3.36. The minimum absolute atomic E-state index is 0.131. The number of amides is 1. The van der Waals surface area contributed by atoms with Gasteiger partial charge in [0.2, 0.25) is 21.7 Å². The molecule has 0 aliphatic carbocycles. The summed E-state index contributed by atoms with van der Waals surface area (Å²) in [6, 6.07) is 14.0. The van der Waals surface area contributed by atoms with Gasteiger partial charge >= 0.3 is 0 Å². The molecule has 2 aromatic carbocycles. The average Bonchev–Trinajstić information content (AvgIpc) is 3.21. The van der Waals surface area contributed by atoms with Gasteiger partial charge in [0.05, 0.1) is 18.5 Å². The zero-order valence-corrected chi connectivity index (χ0v) is 20.4. The first-order valence-electron chi connectivity index (χ1n) is 9.58. The molecule has 0 N–H and O–H groups in total. The quantitative estimate of drug-likeness (QED) is 0.446. The van der Waals surface area contributed by atoms with Crippen LogP contribution in [-0.4, -0.2) is 55.8 Å². The van der Waals surface area contributed by atoms with E-state index in [4.69, 9.17) is 9.26 Å². The summed E-state index contributed by atoms with van der Waals surface area (Å²) in [5, 5.41) is 3.97. The number of rotatable bonds is 8. The Morgan fingerprint density at radius 1 is 1.19 bits per heavy atom. The van der Waals surface area contributed by atoms with Crippen LogP contribution < -0.4 is 9.04 Å². The molecule has 0 fully saturated rings. The lowest BCUT2D eigenvalue weighted by Crippen LogP contribution is -2.37. The molecule has 11 heteroatoms. The molecule has 0 spiro atoms. The molecule has 170 valence electrons. The first-order valence-corrected chi connectivity index (χ1v) is 12.2. The molecule has 1 heterocycles. The van der Waals surface area contributed by atoms with Gasteiger partial charge in [0.25, 0.3) is 5.91 Å². The van der Waals surface area contributed by atoms with Gasteiger partial charge in [-0.25, -0.2) is 8.42 Å². The number of nitrogens with zero attached hydrogens (tertiary/aromatic N) is 4. The summed E-state index contributed by atoms with van der Waals surface area (Å²) in [5.41, 5.74) is 1.29. The Morgan fingerprint density at radius 3 is 2.50 bits per heavy atom. The van der Waals surface area contributed by atoms with Crippen molar-refractivity contribution in [1.29, 1.82) is 0 Å². The maximum Gasteiger partial charge on any atom is 0.263 e. The van der Waals surface area contributed by atoms with Crippen molar-refractivity contribution in [3.63, 3.8) is 0 Å². The predicted molar refractivity (Wildman–Crippen MR) is 124 cm³/mol. The summed E-state index contributed by atoms with van der Waals surface area (Å²) in [6.45, 7) is 1.77. The molecule has 0 aliphatic rings. The molecule has 0 saturated heterocycles. The van der Waals surface area contributed by atoms with E-state index in [1.54, 1.807) is 38.2 Å². The molecule has 0 unspecified atom stereocenters. The first kappa shape index (κ1) is 23.7. The second kappa shape index (κ2) is 9.70. The van der Waals surface area contributed by atoms with E-state index in [1.807, 2.05) is 24.3 Å². The number of ether oxygens (including phenoxy) is 1. The molecule has 0 aliphatic heterocycles. The molecular weight excluding hydrogens is 500 g/mol. The number of halogens is 1. The van der Waals surface area contributed by atoms with E-state index in [2.05, 4.69) is 26.1 Å². The van der Waals surface area contributed by atoms with Gasteiger partial charge in [0.15, 0.2) is 6.10 Å². The number of hydrogen-bond acceptors (Lipinski definition) is 7. The Bertz CT molecular complexity index is 1200. The second-order valence-corrected chi connectivity index (χ2v) is 10.1. The van der Waals surface area contributed by atoms with Crippen molar-refractivity contribution >= 4 is 37.5 Å². The highest BCUT2D eigenvalue weighted by Crippen LogP contribution is 2.22. The Labute approximate surface area is 195 Å². The number of anilines is 1. The largest absolute Gasteiger partial charge is 0.481 e. The molecular formula is C21H23BrN4O5S. The first-order chi connectivity index (χ1) is 15.0. The van der Waals surface area contributed by atoms with E-state index in [0.29, 0.717) is 23.2 Å². The summed E-state index contributed by atoms with van der Waals surface area (Å²) in [5.74, 6) is 0.908. The minimum Gasteiger partial charge on any atom is -0.481 e. The molecule has 9 nitrogen and oxygen atoms in total. The highest BCUT2D eigenvalue weighted by atomic mass is 79.9. The van der Waals surface area contributed by atoms with Crippen molar-refractivity contribution in [3.8, 4) is 17.1 Å². The average molecular weight is 523 g/mol. The van der Waals surface area contributed by atoms with Gasteiger partial charge < -0.3 is 14.2 Å². The van der Waals surface area contributed by atoms with Crippen molar-refractivity contribution in [3.05, 3.63) is 58.9 Å². The Hall–Kier alpha value is -2.92. The third-order valence-corrected chi connectivity index (χ3v) is 6.36. The summed E-state index contributed by atoms with van der Waals surface area (Å²) in [6.07, 6.45) is 0.352. The van der Waals surface area contributed by atoms with Crippen LogP contribution in [0.4, 0.5) is 5.69 Å². The van der Waals surface area contributed by atoms with E-state index in [1.165, 1.54) is 11.9 Å². The maximum absolute atomic E-state index is 12.7. The van der Waals surface area contributed by atoms with E-state index in [9.17, 15) is 13.2 Å². The van der Waals surface area contributed by atoms with Gasteiger partial charge in [-0.15, -0.1) is 0 Å². The second-order valence-electron chi connectivity index (χ2n) is 7.20. The van der Waals surface area contributed by atoms with Crippen LogP contribution in [0, 0.1) is 0 Å². The molecule has 1 amide bonds. The summed E-state index contributed by atoms with van der Waals surface area (Å²) < 4.78 is 36.3. The number of carbonyl (C=O) groups is 1. The van der Waals surface area contributed by atoms with Crippen LogP contribution in [0.5, 0.6) is 5.75 Å². The molecule has 3 aromatic rings. The van der Waals surface area contributed by atoms with E-state index in [-0.39, 0.29) is 12.5 Å². The van der Waals surface area contributed by atoms with Crippen LogP contribution in [0.3, 0.4) is 0 Å². The molecule has 3 rings (SSSR count). The van der Waals surface area contributed by atoms with Gasteiger partial charge in [-0.2, -0.15) is 4.98 Å². The monoisotopic (exact) mass is 522 g/mol. The number of aromatic nitrogens is 2. The Balaban J connectivity index is 1.60. The van der Waals surface area contributed by atoms with Gasteiger partial charge in [-0.05, 0) is 43.3 Å². The van der Waals surface area contributed by atoms with Crippen LogP contribution >= 0.6 is 15.9 Å². The van der Waals surface area contributed by atoms with E-state index >= 15 is 0 Å². The molecule has 1 aromatic heterocycles. The third-order valence-electron chi connectivity index (χ3n) is 4.66. The fourth-order valence-corrected chi connectivity index (χ4v) is 3.74. The lowest BCUT2D eigenvalue weighted by molar-refractivity contribution is -0.137. The van der Waals surface area contributed by atoms with E-state index < -0.39 is 16.1 Å². The fraction of sp³-hybridized carbons (Fsp3) is 0.286. The highest BCUT2D eigenvalue weighted by molar-refractivity contribution is 9.10. The number of hydrogen-bond donors (Lipinski definition) is 0. The smallest absolute Gasteiger partial charge is 0.263 e. The zero-order valence-electron chi connectivity index (χ0n) is 18.0. The van der Waals surface area contributed by atoms with Crippen molar-refractivity contribution < 1.29 is 22.5 Å². The fourth-order valence-electron chi connectivity index (χ4n) is 2.84. The van der Waals surface area contributed by atoms with Crippen LogP contribution in [0.1, 0.15) is 12.8 Å². The third kappa shape index (κ3) is 5.86. The van der Waals surface area contributed by atoms with Gasteiger partial charge in [-0.1, -0.05) is 33.2 Å². The topological polar surface area (TPSA) is 106 Å². The predicted octanol–water partition coefficient (Wildman–Crippen LogP) is 3.32. The highest BCUT2D eigenvalue weighted by Gasteiger charge is 2.22. The van der Waals surface area contributed by atoms with Crippen LogP contribution in [0.2, 0.25) is 0 Å². The normalized spacial score (nSPS) is 12.3. The molecule has 0 bridgehead atoms. The molecule has 1 atom stereocenters. The van der Waals surface area contributed by atoms with Crippen LogP contribution in [0.15, 0.2) is 57.5 Å². The summed E-state index contributed by atoms with van der Waals surface area (Å²) in [4.78, 5) is 18.5. The SMILES string of the molecule is C[C@@H](Oc1ccc(N(C)S(C)(=O)=O)cc1)C(=O)N(C)Cc1nc(-c2cccc(Br)c2)no1. The molecule has 0 saturated carbocycles. The Morgan fingerprint density at radius 2 is 1.88 bits per heavy atom. The van der Waals surface area contributed by atoms with Gasteiger partial charge in [0, 0.05) is 24.1 Å². The lowest BCUT2D eigenvalue weighted by atomic mass is 10.2. The van der Waals surface area contributed by atoms with Crippen molar-refractivity contribution in [2.75, 3.05) is 24.7 Å². The zero-order chi connectivity index (χ0) is 23.5. The number of sulfonamides is 1. The van der Waals surface area contributed by atoms with Crippen molar-refractivity contribution in [2.24, 2.45) is 0 Å². The summed E-state index contributed by atoms with van der Waals surface area (Å²) >= 11 is 3.41. The van der Waals surface area contributed by atoms with Gasteiger partial charge in [-0.3, -0.25) is 9.10 Å². The van der Waals surface area contributed by atoms with Crippen LogP contribution in [-0.2, 0) is 21.4 Å². The number of carbonyl (C=O) groups excluding carboxylic acids is 1. The molecule has 32 heavy (non-hydrogen) atoms. The lowest BCUT2D eigenvalue weighted by Gasteiger charge is -2.21. The number of likely N-dealkylation sites (N-methyl/N-ethyl adjacent to an activating group) is 1. The van der Waals surface area contributed by atoms with Crippen LogP contribution in [0.25, 0.3) is 11.4 Å². The molecule has 0 radical (unpaired) electrons.